The Balaban J connectivity index is 3.66. The number of carbonyl (C=O) groups excluding carboxylic acids is 1. The van der Waals surface area contributed by atoms with E-state index in [4.69, 9.17) is 0 Å². The molecule has 0 aromatic rings. The molecule has 0 radical (unpaired) electrons. The van der Waals surface area contributed by atoms with Crippen LogP contribution in [0.3, 0.4) is 0 Å². The molecule has 0 bridgehead atoms. The van der Waals surface area contributed by atoms with E-state index in [1.165, 1.54) is 0 Å². The first kappa shape index (κ1) is 11.0. The molecule has 0 unspecified atom stereocenters. The molecule has 0 aliphatic rings. The predicted octanol–water partition coefficient (Wildman–Crippen LogP) is 1.63. The first-order chi connectivity index (χ1) is 5.34. The molecule has 0 heterocycles. The summed E-state index contributed by atoms with van der Waals surface area (Å²) >= 11 is 0. The minimum Gasteiger partial charge on any atom is -0.348 e. The number of rotatable bonds is 3. The molecular formula is C7H10F3NO. The first-order valence-corrected chi connectivity index (χ1v) is 3.33. The van der Waals surface area contributed by atoms with E-state index >= 15 is 0 Å². The maximum atomic E-state index is 11.5. The Labute approximate surface area is 68.4 Å². The highest BCUT2D eigenvalue weighted by Crippen LogP contribution is 2.13. The summed E-state index contributed by atoms with van der Waals surface area (Å²) in [5, 5.41) is 1.73. The van der Waals surface area contributed by atoms with Gasteiger partial charge in [0.15, 0.2) is 0 Å². The van der Waals surface area contributed by atoms with Crippen LogP contribution in [0.4, 0.5) is 13.2 Å². The van der Waals surface area contributed by atoms with Gasteiger partial charge in [0.25, 0.3) is 0 Å². The van der Waals surface area contributed by atoms with Crippen LogP contribution in [0, 0.1) is 0 Å². The molecular weight excluding hydrogens is 171 g/mol. The van der Waals surface area contributed by atoms with Crippen molar-refractivity contribution in [1.29, 1.82) is 0 Å². The normalized spacial score (nSPS) is 11.0. The Morgan fingerprint density at radius 3 is 2.33 bits per heavy atom. The van der Waals surface area contributed by atoms with Crippen LogP contribution < -0.4 is 5.32 Å². The average molecular weight is 181 g/mol. The van der Waals surface area contributed by atoms with E-state index in [0.717, 1.165) is 5.57 Å². The first-order valence-electron chi connectivity index (χ1n) is 3.33. The third-order valence-corrected chi connectivity index (χ3v) is 1.09. The Morgan fingerprint density at radius 2 is 2.00 bits per heavy atom. The Morgan fingerprint density at radius 1 is 1.50 bits per heavy atom. The van der Waals surface area contributed by atoms with Crippen molar-refractivity contribution in [2.75, 3.05) is 6.54 Å². The highest BCUT2D eigenvalue weighted by atomic mass is 19.4. The van der Waals surface area contributed by atoms with Crippen molar-refractivity contribution in [3.8, 4) is 0 Å². The molecule has 0 aromatic heterocycles. The van der Waals surface area contributed by atoms with Gasteiger partial charge in [-0.15, -0.1) is 6.58 Å². The highest BCUT2D eigenvalue weighted by molar-refractivity contribution is 5.81. The van der Waals surface area contributed by atoms with Crippen LogP contribution in [-0.2, 0) is 4.79 Å². The van der Waals surface area contributed by atoms with E-state index in [9.17, 15) is 18.0 Å². The summed E-state index contributed by atoms with van der Waals surface area (Å²) in [6.45, 7) is 5.14. The number of alkyl halides is 3. The van der Waals surface area contributed by atoms with E-state index in [1.54, 1.807) is 12.2 Å². The van der Waals surface area contributed by atoms with E-state index < -0.39 is 12.1 Å². The van der Waals surface area contributed by atoms with Crippen molar-refractivity contribution in [2.45, 2.75) is 19.5 Å². The number of carbonyl (C=O) groups is 1. The smallest absolute Gasteiger partial charge is 0.348 e. The summed E-state index contributed by atoms with van der Waals surface area (Å²) in [7, 11) is 0. The van der Waals surface area contributed by atoms with Gasteiger partial charge in [-0.1, -0.05) is 5.57 Å². The fraction of sp³-hybridized carbons (Fsp3) is 0.571. The third kappa shape index (κ3) is 4.76. The van der Waals surface area contributed by atoms with E-state index in [-0.39, 0.29) is 6.54 Å². The quantitative estimate of drug-likeness (QED) is 0.659. The zero-order valence-corrected chi connectivity index (χ0v) is 6.66. The van der Waals surface area contributed by atoms with E-state index in [0.29, 0.717) is 6.42 Å². The van der Waals surface area contributed by atoms with Crippen LogP contribution >= 0.6 is 0 Å². The molecule has 0 rings (SSSR count). The Kier molecular flexibility index (Phi) is 3.79. The molecule has 0 aliphatic carbocycles. The Hall–Kier alpha value is -1.00. The van der Waals surface area contributed by atoms with Gasteiger partial charge in [0.2, 0.25) is 0 Å². The monoisotopic (exact) mass is 181 g/mol. The fourth-order valence-electron chi connectivity index (χ4n) is 0.490. The fourth-order valence-corrected chi connectivity index (χ4v) is 0.490. The van der Waals surface area contributed by atoms with Crippen molar-refractivity contribution >= 4 is 5.91 Å². The highest BCUT2D eigenvalue weighted by Gasteiger charge is 2.38. The second-order valence-electron chi connectivity index (χ2n) is 2.46. The Bertz CT molecular complexity index is 186. The minimum absolute atomic E-state index is 0.0202. The van der Waals surface area contributed by atoms with Crippen LogP contribution in [0.2, 0.25) is 0 Å². The van der Waals surface area contributed by atoms with Gasteiger partial charge >= 0.3 is 12.1 Å². The summed E-state index contributed by atoms with van der Waals surface area (Å²) < 4.78 is 34.6. The van der Waals surface area contributed by atoms with Gasteiger partial charge in [-0.2, -0.15) is 13.2 Å². The second kappa shape index (κ2) is 4.13. The number of hydrogen-bond acceptors (Lipinski definition) is 1. The van der Waals surface area contributed by atoms with Crippen molar-refractivity contribution < 1.29 is 18.0 Å². The molecule has 1 N–H and O–H groups in total. The third-order valence-electron chi connectivity index (χ3n) is 1.09. The van der Waals surface area contributed by atoms with E-state index in [2.05, 4.69) is 6.58 Å². The number of halogens is 3. The lowest BCUT2D eigenvalue weighted by molar-refractivity contribution is -0.173. The molecule has 5 heteroatoms. The van der Waals surface area contributed by atoms with Gasteiger partial charge in [-0.3, -0.25) is 4.79 Å². The second-order valence-corrected chi connectivity index (χ2v) is 2.46. The minimum atomic E-state index is -4.78. The lowest BCUT2D eigenvalue weighted by Gasteiger charge is -2.06. The van der Waals surface area contributed by atoms with Crippen molar-refractivity contribution in [1.82, 2.24) is 5.32 Å². The molecule has 0 saturated carbocycles. The lowest BCUT2D eigenvalue weighted by Crippen LogP contribution is -2.37. The zero-order chi connectivity index (χ0) is 9.78. The van der Waals surface area contributed by atoms with Gasteiger partial charge in [-0.05, 0) is 13.3 Å². The standard InChI is InChI=1S/C7H10F3NO/c1-5(2)3-4-11-6(12)7(8,9)10/h1,3-4H2,2H3,(H,11,12). The molecule has 0 atom stereocenters. The molecule has 0 spiro atoms. The molecule has 0 aliphatic heterocycles. The number of nitrogens with one attached hydrogen (secondary N) is 1. The van der Waals surface area contributed by atoms with Crippen LogP contribution in [0.5, 0.6) is 0 Å². The van der Waals surface area contributed by atoms with Gasteiger partial charge in [-0.25, -0.2) is 0 Å². The summed E-state index contributed by atoms with van der Waals surface area (Å²) in [5.74, 6) is -1.90. The van der Waals surface area contributed by atoms with Crippen molar-refractivity contribution in [2.24, 2.45) is 0 Å². The lowest BCUT2D eigenvalue weighted by atomic mass is 10.2. The molecule has 2 nitrogen and oxygen atoms in total. The molecule has 0 fully saturated rings. The van der Waals surface area contributed by atoms with E-state index in [1.807, 2.05) is 0 Å². The van der Waals surface area contributed by atoms with Crippen molar-refractivity contribution in [3.63, 3.8) is 0 Å². The molecule has 70 valence electrons. The van der Waals surface area contributed by atoms with Crippen LogP contribution in [0.1, 0.15) is 13.3 Å². The summed E-state index contributed by atoms with van der Waals surface area (Å²) in [6, 6.07) is 0. The summed E-state index contributed by atoms with van der Waals surface area (Å²) in [5.41, 5.74) is 0.734. The molecule has 12 heavy (non-hydrogen) atoms. The largest absolute Gasteiger partial charge is 0.471 e. The molecule has 0 aromatic carbocycles. The van der Waals surface area contributed by atoms with Crippen LogP contribution in [0.25, 0.3) is 0 Å². The maximum absolute atomic E-state index is 11.5. The van der Waals surface area contributed by atoms with Crippen LogP contribution in [-0.4, -0.2) is 18.6 Å². The zero-order valence-electron chi connectivity index (χ0n) is 6.66. The topological polar surface area (TPSA) is 29.1 Å². The molecule has 1 amide bonds. The SMILES string of the molecule is C=C(C)CCNC(=O)C(F)(F)F. The predicted molar refractivity (Wildman–Crippen MR) is 38.5 cm³/mol. The van der Waals surface area contributed by atoms with Crippen LogP contribution in [0.15, 0.2) is 12.2 Å². The van der Waals surface area contributed by atoms with Gasteiger partial charge in [0, 0.05) is 6.54 Å². The summed E-state index contributed by atoms with van der Waals surface area (Å²) in [4.78, 5) is 10.2. The maximum Gasteiger partial charge on any atom is 0.471 e. The van der Waals surface area contributed by atoms with Gasteiger partial charge < -0.3 is 5.32 Å². The molecule has 0 saturated heterocycles. The summed E-state index contributed by atoms with van der Waals surface area (Å²) in [6.07, 6.45) is -4.42. The van der Waals surface area contributed by atoms with Gasteiger partial charge in [0.1, 0.15) is 0 Å². The number of amides is 1. The average Bonchev–Trinajstić information content (AvgIpc) is 1.84. The number of hydrogen-bond donors (Lipinski definition) is 1. The van der Waals surface area contributed by atoms with Crippen molar-refractivity contribution in [3.05, 3.63) is 12.2 Å². The van der Waals surface area contributed by atoms with Gasteiger partial charge in [0.05, 0.1) is 0 Å².